The molecule has 4 aliphatic rings. The number of anilines is 1. The number of hydrogen-bond acceptors (Lipinski definition) is 5. The normalized spacial score (nSPS) is 27.9. The number of carbonyl (C=O) groups is 2. The maximum absolute atomic E-state index is 13.3. The van der Waals surface area contributed by atoms with Crippen LogP contribution in [0.25, 0.3) is 10.8 Å². The van der Waals surface area contributed by atoms with E-state index in [0.29, 0.717) is 23.9 Å². The first-order chi connectivity index (χ1) is 18.1. The highest BCUT2D eigenvalue weighted by Gasteiger charge is 2.68. The molecule has 5 atom stereocenters. The van der Waals surface area contributed by atoms with E-state index in [9.17, 15) is 9.59 Å². The van der Waals surface area contributed by atoms with E-state index in [1.54, 1.807) is 6.26 Å². The molecule has 8 heteroatoms. The average Bonchev–Trinajstić information content (AvgIpc) is 3.43. The Kier molecular flexibility index (Phi) is 6.15. The Morgan fingerprint density at radius 3 is 2.71 bits per heavy atom. The summed E-state index contributed by atoms with van der Waals surface area (Å²) >= 11 is 0. The molecule has 2 aromatic carbocycles. The fraction of sp³-hybridized carbons (Fsp3) is 0.467. The van der Waals surface area contributed by atoms with Gasteiger partial charge in [-0.15, -0.1) is 0 Å². The van der Waals surface area contributed by atoms with Crippen molar-refractivity contribution in [1.29, 1.82) is 0 Å². The van der Waals surface area contributed by atoms with Crippen molar-refractivity contribution in [3.05, 3.63) is 66.1 Å². The van der Waals surface area contributed by atoms with E-state index in [4.69, 9.17) is 13.7 Å². The predicted octanol–water partition coefficient (Wildman–Crippen LogP) is 4.93. The second kappa shape index (κ2) is 9.28. The zero-order valence-electron chi connectivity index (χ0n) is 22.5. The molecule has 198 valence electrons. The highest BCUT2D eigenvalue weighted by molar-refractivity contribution is 6.48. The molecule has 38 heavy (non-hydrogen) atoms. The minimum absolute atomic E-state index is 0.0198. The zero-order chi connectivity index (χ0) is 26.7. The van der Waals surface area contributed by atoms with E-state index in [-0.39, 0.29) is 35.4 Å². The van der Waals surface area contributed by atoms with Crippen LogP contribution in [0.1, 0.15) is 51.9 Å². The third kappa shape index (κ3) is 4.33. The molecule has 0 radical (unpaired) electrons. The summed E-state index contributed by atoms with van der Waals surface area (Å²) in [7, 11) is -0.571. The van der Waals surface area contributed by atoms with Gasteiger partial charge in [0.1, 0.15) is 5.76 Å². The van der Waals surface area contributed by atoms with Crippen molar-refractivity contribution in [1.82, 2.24) is 5.32 Å². The summed E-state index contributed by atoms with van der Waals surface area (Å²) in [5.41, 5.74) is 1.34. The van der Waals surface area contributed by atoms with Crippen molar-refractivity contribution in [2.75, 3.05) is 5.32 Å². The lowest BCUT2D eigenvalue weighted by Crippen LogP contribution is -2.65. The summed E-state index contributed by atoms with van der Waals surface area (Å²) in [4.78, 5) is 24.8. The second-order valence-electron chi connectivity index (χ2n) is 12.0. The SMILES string of the molecule is CC(=O)Nc1cccc(CC(=O)N[C@@H](Cc2occ3ccccc23)B2O[C@@H]3C[C@@H]4C[C@@H](C4(C)C)[C@]3(C)O2)c1. The Balaban J connectivity index is 1.24. The van der Waals surface area contributed by atoms with Crippen LogP contribution in [0.2, 0.25) is 0 Å². The lowest BCUT2D eigenvalue weighted by atomic mass is 9.43. The zero-order valence-corrected chi connectivity index (χ0v) is 22.5. The van der Waals surface area contributed by atoms with Crippen molar-refractivity contribution in [3.63, 3.8) is 0 Å². The van der Waals surface area contributed by atoms with Gasteiger partial charge in [0, 0.05) is 29.8 Å². The van der Waals surface area contributed by atoms with Gasteiger partial charge in [0.25, 0.3) is 0 Å². The maximum atomic E-state index is 13.3. The number of carbonyl (C=O) groups excluding carboxylic acids is 2. The van der Waals surface area contributed by atoms with E-state index in [2.05, 4.69) is 31.4 Å². The number of nitrogens with one attached hydrogen (secondary N) is 2. The van der Waals surface area contributed by atoms with Crippen molar-refractivity contribution in [3.8, 4) is 0 Å². The molecule has 4 fully saturated rings. The first-order valence-electron chi connectivity index (χ1n) is 13.6. The Morgan fingerprint density at radius 1 is 1.11 bits per heavy atom. The van der Waals surface area contributed by atoms with Crippen LogP contribution in [0.4, 0.5) is 5.69 Å². The third-order valence-corrected chi connectivity index (χ3v) is 9.25. The highest BCUT2D eigenvalue weighted by Crippen LogP contribution is 2.65. The van der Waals surface area contributed by atoms with Crippen LogP contribution in [-0.4, -0.2) is 36.6 Å². The fourth-order valence-electron chi connectivity index (χ4n) is 7.10. The quantitative estimate of drug-likeness (QED) is 0.437. The van der Waals surface area contributed by atoms with Gasteiger partial charge in [0.15, 0.2) is 0 Å². The van der Waals surface area contributed by atoms with Gasteiger partial charge in [-0.25, -0.2) is 0 Å². The van der Waals surface area contributed by atoms with Crippen LogP contribution in [0.3, 0.4) is 0 Å². The average molecular weight is 514 g/mol. The molecule has 1 aromatic heterocycles. The molecule has 0 spiro atoms. The summed E-state index contributed by atoms with van der Waals surface area (Å²) in [6.45, 7) is 8.34. The molecule has 2 amide bonds. The van der Waals surface area contributed by atoms with Gasteiger partial charge in [0.2, 0.25) is 11.8 Å². The smallest absolute Gasteiger partial charge is 0.468 e. The number of furan rings is 1. The minimum atomic E-state index is -0.571. The standard InChI is InChI=1S/C30H35BN2O5/c1-18(34)32-22-10-7-8-19(12-22)13-28(35)33-27(16-24-23-11-6-5-9-20(23)17-36-24)31-37-26-15-21-14-25(29(21,2)3)30(26,4)38-31/h5-12,17,21,25-27H,13-16H2,1-4H3,(H,32,34)(H,33,35)/t21-,25-,26+,27-,30-/m0/s1. The van der Waals surface area contributed by atoms with Gasteiger partial charge in [-0.2, -0.15) is 0 Å². The van der Waals surface area contributed by atoms with Crippen molar-refractivity contribution in [2.45, 2.75) is 71.0 Å². The number of hydrogen-bond donors (Lipinski definition) is 2. The van der Waals surface area contributed by atoms with Gasteiger partial charge in [-0.3, -0.25) is 9.59 Å². The summed E-state index contributed by atoms with van der Waals surface area (Å²) in [5, 5.41) is 8.04. The van der Waals surface area contributed by atoms with Crippen LogP contribution in [0.5, 0.6) is 0 Å². The largest absolute Gasteiger partial charge is 0.482 e. The molecule has 7 nitrogen and oxygen atoms in total. The molecule has 3 saturated carbocycles. The van der Waals surface area contributed by atoms with Crippen molar-refractivity contribution < 1.29 is 23.3 Å². The number of benzene rings is 2. The Bertz CT molecular complexity index is 1390. The minimum Gasteiger partial charge on any atom is -0.468 e. The molecule has 7 rings (SSSR count). The van der Waals surface area contributed by atoms with E-state index in [1.165, 1.54) is 13.3 Å². The fourth-order valence-corrected chi connectivity index (χ4v) is 7.10. The molecule has 0 unspecified atom stereocenters. The Morgan fingerprint density at radius 2 is 1.92 bits per heavy atom. The van der Waals surface area contributed by atoms with Gasteiger partial charge >= 0.3 is 7.12 Å². The number of amides is 2. The van der Waals surface area contributed by atoms with E-state index >= 15 is 0 Å². The van der Waals surface area contributed by atoms with Crippen molar-refractivity contribution in [2.24, 2.45) is 17.3 Å². The Labute approximate surface area is 223 Å². The second-order valence-corrected chi connectivity index (χ2v) is 12.0. The monoisotopic (exact) mass is 514 g/mol. The topological polar surface area (TPSA) is 89.8 Å². The Hall–Kier alpha value is -3.10. The van der Waals surface area contributed by atoms with Crippen LogP contribution in [0.15, 0.2) is 59.2 Å². The molecule has 1 aliphatic heterocycles. The number of fused-ring (bicyclic) bond motifs is 1. The predicted molar refractivity (Wildman–Crippen MR) is 146 cm³/mol. The van der Waals surface area contributed by atoms with E-state index < -0.39 is 13.1 Å². The molecule has 3 aliphatic carbocycles. The van der Waals surface area contributed by atoms with Gasteiger partial charge in [-0.05, 0) is 54.7 Å². The van der Waals surface area contributed by atoms with Crippen LogP contribution < -0.4 is 10.6 Å². The molecular formula is C30H35BN2O5. The number of rotatable bonds is 7. The van der Waals surface area contributed by atoms with Gasteiger partial charge < -0.3 is 24.4 Å². The highest BCUT2D eigenvalue weighted by atomic mass is 16.7. The third-order valence-electron chi connectivity index (χ3n) is 9.25. The van der Waals surface area contributed by atoms with Gasteiger partial charge in [0.05, 0.1) is 30.3 Å². The van der Waals surface area contributed by atoms with Crippen LogP contribution in [0, 0.1) is 17.3 Å². The summed E-state index contributed by atoms with van der Waals surface area (Å²) in [5.74, 6) is 1.17. The van der Waals surface area contributed by atoms with E-state index in [1.807, 2.05) is 48.5 Å². The molecule has 3 aromatic rings. The van der Waals surface area contributed by atoms with Crippen molar-refractivity contribution >= 4 is 35.4 Å². The van der Waals surface area contributed by atoms with Crippen LogP contribution >= 0.6 is 0 Å². The molecule has 2 N–H and O–H groups in total. The first kappa shape index (κ1) is 25.2. The molecule has 1 saturated heterocycles. The maximum Gasteiger partial charge on any atom is 0.482 e. The molecule has 2 heterocycles. The summed E-state index contributed by atoms with van der Waals surface area (Å²) < 4.78 is 19.3. The van der Waals surface area contributed by atoms with E-state index in [0.717, 1.165) is 28.5 Å². The lowest BCUT2D eigenvalue weighted by Gasteiger charge is -2.64. The summed E-state index contributed by atoms with van der Waals surface area (Å²) in [6.07, 6.45) is 4.55. The molecular weight excluding hydrogens is 479 g/mol. The summed E-state index contributed by atoms with van der Waals surface area (Å²) in [6, 6.07) is 15.4. The molecule has 2 bridgehead atoms. The van der Waals surface area contributed by atoms with Gasteiger partial charge in [-0.1, -0.05) is 50.2 Å². The van der Waals surface area contributed by atoms with Crippen LogP contribution in [-0.2, 0) is 31.7 Å². The first-order valence-corrected chi connectivity index (χ1v) is 13.6. The lowest BCUT2D eigenvalue weighted by molar-refractivity contribution is -0.199.